The number of benzene rings is 1. The molecule has 0 aromatic heterocycles. The Bertz CT molecular complexity index is 534. The van der Waals surface area contributed by atoms with E-state index in [-0.39, 0.29) is 0 Å². The molecule has 2 atom stereocenters. The van der Waals surface area contributed by atoms with Crippen LogP contribution in [-0.2, 0) is 11.2 Å². The zero-order chi connectivity index (χ0) is 15.5. The van der Waals surface area contributed by atoms with Crippen LogP contribution in [0.25, 0.3) is 0 Å². The van der Waals surface area contributed by atoms with Crippen LogP contribution in [0.2, 0.25) is 0 Å². The number of carbonyl (C=O) groups is 1. The quantitative estimate of drug-likeness (QED) is 0.929. The first-order chi connectivity index (χ1) is 10.6. The van der Waals surface area contributed by atoms with Crippen molar-refractivity contribution >= 4 is 11.6 Å². The highest BCUT2D eigenvalue weighted by molar-refractivity contribution is 5.94. The Balaban J connectivity index is 1.69. The molecule has 2 unspecified atom stereocenters. The van der Waals surface area contributed by atoms with Gasteiger partial charge in [-0.15, -0.1) is 0 Å². The summed E-state index contributed by atoms with van der Waals surface area (Å²) in [6, 6.07) is 6.53. The van der Waals surface area contributed by atoms with Gasteiger partial charge in [-0.05, 0) is 74.7 Å². The summed E-state index contributed by atoms with van der Waals surface area (Å²) in [6.07, 6.45) is 5.37. The standard InChI is InChI=1S/C19H28N2O/c1-14-7-8-16-6-4-10-21(18(16)11-14)19(22)12-15(2)17-5-3-9-20-13-17/h7-8,11,15,17,20H,3-6,9-10,12-13H2,1-2H3. The number of carbonyl (C=O) groups excluding carboxylic acids is 1. The van der Waals surface area contributed by atoms with E-state index in [2.05, 4.69) is 37.4 Å². The predicted molar refractivity (Wildman–Crippen MR) is 91.2 cm³/mol. The summed E-state index contributed by atoms with van der Waals surface area (Å²) in [6.45, 7) is 7.44. The van der Waals surface area contributed by atoms with Crippen LogP contribution in [0, 0.1) is 18.8 Å². The van der Waals surface area contributed by atoms with Gasteiger partial charge in [0.1, 0.15) is 0 Å². The van der Waals surface area contributed by atoms with Crippen molar-refractivity contribution in [3.63, 3.8) is 0 Å². The maximum absolute atomic E-state index is 12.8. The second-order valence-electron chi connectivity index (χ2n) is 7.07. The summed E-state index contributed by atoms with van der Waals surface area (Å²) in [7, 11) is 0. The second kappa shape index (κ2) is 6.82. The Kier molecular flexibility index (Phi) is 4.82. The van der Waals surface area contributed by atoms with Gasteiger partial charge in [0.25, 0.3) is 0 Å². The SMILES string of the molecule is Cc1ccc2c(c1)N(C(=O)CC(C)C1CCCNC1)CCC2. The summed E-state index contributed by atoms with van der Waals surface area (Å²) >= 11 is 0. The van der Waals surface area contributed by atoms with Crippen molar-refractivity contribution < 1.29 is 4.79 Å². The molecule has 0 aliphatic carbocycles. The van der Waals surface area contributed by atoms with E-state index in [1.54, 1.807) is 0 Å². The molecule has 2 aliphatic heterocycles. The van der Waals surface area contributed by atoms with Crippen molar-refractivity contribution in [2.24, 2.45) is 11.8 Å². The number of anilines is 1. The lowest BCUT2D eigenvalue weighted by Gasteiger charge is -2.33. The maximum atomic E-state index is 12.8. The first-order valence-corrected chi connectivity index (χ1v) is 8.76. The summed E-state index contributed by atoms with van der Waals surface area (Å²) in [5, 5.41) is 3.47. The van der Waals surface area contributed by atoms with Gasteiger partial charge in [0.15, 0.2) is 0 Å². The average Bonchev–Trinajstić information content (AvgIpc) is 2.55. The molecule has 1 saturated heterocycles. The first-order valence-electron chi connectivity index (χ1n) is 8.76. The van der Waals surface area contributed by atoms with Gasteiger partial charge in [-0.2, -0.15) is 0 Å². The molecule has 3 nitrogen and oxygen atoms in total. The summed E-state index contributed by atoms with van der Waals surface area (Å²) < 4.78 is 0. The highest BCUT2D eigenvalue weighted by Gasteiger charge is 2.27. The van der Waals surface area contributed by atoms with E-state index in [0.29, 0.717) is 24.2 Å². The Morgan fingerprint density at radius 2 is 2.27 bits per heavy atom. The molecule has 1 aromatic rings. The molecule has 120 valence electrons. The van der Waals surface area contributed by atoms with E-state index >= 15 is 0 Å². The molecule has 0 saturated carbocycles. The molecular weight excluding hydrogens is 272 g/mol. The number of nitrogens with one attached hydrogen (secondary N) is 1. The fourth-order valence-corrected chi connectivity index (χ4v) is 3.86. The van der Waals surface area contributed by atoms with E-state index in [9.17, 15) is 4.79 Å². The molecule has 1 aromatic carbocycles. The number of hydrogen-bond donors (Lipinski definition) is 1. The number of piperidine rings is 1. The Hall–Kier alpha value is -1.35. The average molecular weight is 300 g/mol. The molecule has 1 fully saturated rings. The number of amides is 1. The maximum Gasteiger partial charge on any atom is 0.227 e. The Morgan fingerprint density at radius 3 is 3.05 bits per heavy atom. The highest BCUT2D eigenvalue weighted by atomic mass is 16.2. The third-order valence-electron chi connectivity index (χ3n) is 5.30. The third-order valence-corrected chi connectivity index (χ3v) is 5.30. The van der Waals surface area contributed by atoms with E-state index < -0.39 is 0 Å². The van der Waals surface area contributed by atoms with Crippen LogP contribution in [0.4, 0.5) is 5.69 Å². The molecule has 1 N–H and O–H groups in total. The van der Waals surface area contributed by atoms with E-state index in [0.717, 1.165) is 38.2 Å². The van der Waals surface area contributed by atoms with Crippen LogP contribution in [0.1, 0.15) is 43.7 Å². The van der Waals surface area contributed by atoms with E-state index in [1.165, 1.54) is 24.0 Å². The second-order valence-corrected chi connectivity index (χ2v) is 7.07. The molecule has 3 rings (SSSR count). The highest BCUT2D eigenvalue weighted by Crippen LogP contribution is 2.30. The van der Waals surface area contributed by atoms with E-state index in [1.807, 2.05) is 4.90 Å². The lowest BCUT2D eigenvalue weighted by Crippen LogP contribution is -2.39. The van der Waals surface area contributed by atoms with Crippen molar-refractivity contribution in [2.45, 2.75) is 46.0 Å². The number of hydrogen-bond acceptors (Lipinski definition) is 2. The van der Waals surface area contributed by atoms with Gasteiger partial charge in [0.2, 0.25) is 5.91 Å². The molecule has 0 radical (unpaired) electrons. The normalized spacial score (nSPS) is 23.0. The number of rotatable bonds is 3. The molecule has 0 bridgehead atoms. The third kappa shape index (κ3) is 3.35. The van der Waals surface area contributed by atoms with Crippen molar-refractivity contribution in [2.75, 3.05) is 24.5 Å². The summed E-state index contributed by atoms with van der Waals surface area (Å²) in [5.41, 5.74) is 3.73. The topological polar surface area (TPSA) is 32.3 Å². The predicted octanol–water partition coefficient (Wildman–Crippen LogP) is 3.30. The van der Waals surface area contributed by atoms with Crippen LogP contribution >= 0.6 is 0 Å². The Morgan fingerprint density at radius 1 is 1.41 bits per heavy atom. The van der Waals surface area contributed by atoms with Crippen LogP contribution in [0.15, 0.2) is 18.2 Å². The van der Waals surface area contributed by atoms with Gasteiger partial charge < -0.3 is 10.2 Å². The van der Waals surface area contributed by atoms with Gasteiger partial charge in [-0.25, -0.2) is 0 Å². The zero-order valence-corrected chi connectivity index (χ0v) is 13.9. The molecule has 1 amide bonds. The summed E-state index contributed by atoms with van der Waals surface area (Å²) in [5.74, 6) is 1.43. The van der Waals surface area contributed by atoms with Crippen molar-refractivity contribution in [3.8, 4) is 0 Å². The van der Waals surface area contributed by atoms with Crippen molar-refractivity contribution in [1.82, 2.24) is 5.32 Å². The van der Waals surface area contributed by atoms with Gasteiger partial charge in [-0.1, -0.05) is 19.1 Å². The molecule has 2 heterocycles. The number of fused-ring (bicyclic) bond motifs is 1. The van der Waals surface area contributed by atoms with E-state index in [4.69, 9.17) is 0 Å². The van der Waals surface area contributed by atoms with Gasteiger partial charge >= 0.3 is 0 Å². The monoisotopic (exact) mass is 300 g/mol. The zero-order valence-electron chi connectivity index (χ0n) is 13.9. The minimum absolute atomic E-state index is 0.310. The first kappa shape index (κ1) is 15.5. The van der Waals surface area contributed by atoms with Crippen LogP contribution < -0.4 is 10.2 Å². The fourth-order valence-electron chi connectivity index (χ4n) is 3.86. The molecule has 3 heteroatoms. The van der Waals surface area contributed by atoms with Gasteiger partial charge in [0, 0.05) is 18.7 Å². The van der Waals surface area contributed by atoms with Crippen LogP contribution in [-0.4, -0.2) is 25.5 Å². The lowest BCUT2D eigenvalue weighted by atomic mass is 9.85. The minimum atomic E-state index is 0.310. The largest absolute Gasteiger partial charge is 0.316 e. The smallest absolute Gasteiger partial charge is 0.227 e. The Labute approximate surface area is 134 Å². The minimum Gasteiger partial charge on any atom is -0.316 e. The molecular formula is C19H28N2O. The molecule has 2 aliphatic rings. The lowest BCUT2D eigenvalue weighted by molar-refractivity contribution is -0.119. The van der Waals surface area contributed by atoms with Gasteiger partial charge in [-0.3, -0.25) is 4.79 Å². The van der Waals surface area contributed by atoms with Crippen molar-refractivity contribution in [1.29, 1.82) is 0 Å². The molecule has 22 heavy (non-hydrogen) atoms. The molecule has 0 spiro atoms. The van der Waals surface area contributed by atoms with Crippen LogP contribution in [0.5, 0.6) is 0 Å². The fraction of sp³-hybridized carbons (Fsp3) is 0.632. The van der Waals surface area contributed by atoms with Crippen LogP contribution in [0.3, 0.4) is 0 Å². The van der Waals surface area contributed by atoms with Gasteiger partial charge in [0.05, 0.1) is 0 Å². The number of nitrogens with zero attached hydrogens (tertiary/aromatic N) is 1. The summed E-state index contributed by atoms with van der Waals surface area (Å²) in [4.78, 5) is 14.9. The van der Waals surface area contributed by atoms with Crippen molar-refractivity contribution in [3.05, 3.63) is 29.3 Å². The number of aryl methyl sites for hydroxylation is 2.